The number of methoxy groups -OCH3 is 1. The van der Waals surface area contributed by atoms with Crippen molar-refractivity contribution in [3.63, 3.8) is 0 Å². The fourth-order valence-corrected chi connectivity index (χ4v) is 1.69. The smallest absolute Gasteiger partial charge is 0.269 e. The molecule has 0 N–H and O–H groups in total. The second-order valence-electron chi connectivity index (χ2n) is 4.45. The Labute approximate surface area is 112 Å². The van der Waals surface area contributed by atoms with Gasteiger partial charge in [-0.15, -0.1) is 0 Å². The summed E-state index contributed by atoms with van der Waals surface area (Å²) in [5.41, 5.74) is 1.70. The van der Waals surface area contributed by atoms with Crippen molar-refractivity contribution >= 4 is 5.69 Å². The summed E-state index contributed by atoms with van der Waals surface area (Å²) in [7, 11) is 5.38. The molecule has 0 atom stereocenters. The van der Waals surface area contributed by atoms with E-state index >= 15 is 0 Å². The summed E-state index contributed by atoms with van der Waals surface area (Å²) < 4.78 is 6.53. The van der Waals surface area contributed by atoms with Crippen LogP contribution in [0.3, 0.4) is 0 Å². The molecular formula is C14H17N3O2. The zero-order chi connectivity index (χ0) is 13.8. The van der Waals surface area contributed by atoms with Gasteiger partial charge in [-0.3, -0.25) is 4.79 Å². The van der Waals surface area contributed by atoms with Crippen molar-refractivity contribution in [2.75, 3.05) is 26.1 Å². The first-order valence-corrected chi connectivity index (χ1v) is 5.97. The quantitative estimate of drug-likeness (QED) is 0.832. The van der Waals surface area contributed by atoms with Gasteiger partial charge in [-0.05, 0) is 17.7 Å². The van der Waals surface area contributed by atoms with Crippen LogP contribution in [-0.2, 0) is 6.54 Å². The van der Waals surface area contributed by atoms with Crippen LogP contribution in [0.15, 0.2) is 41.3 Å². The van der Waals surface area contributed by atoms with Crippen LogP contribution in [0.25, 0.3) is 0 Å². The molecule has 1 aromatic carbocycles. The van der Waals surface area contributed by atoms with E-state index in [-0.39, 0.29) is 5.56 Å². The number of benzene rings is 1. The third kappa shape index (κ3) is 3.13. The standard InChI is InChI=1S/C14H17N3O2/c1-16(2)12-8-14(18)17(15-9-12)10-11-4-6-13(19-3)7-5-11/h4-9H,10H2,1-3H3. The fraction of sp³-hybridized carbons (Fsp3) is 0.286. The maximum absolute atomic E-state index is 11.9. The molecule has 1 heterocycles. The van der Waals surface area contributed by atoms with Gasteiger partial charge >= 0.3 is 0 Å². The van der Waals surface area contributed by atoms with E-state index in [4.69, 9.17) is 4.74 Å². The largest absolute Gasteiger partial charge is 0.497 e. The molecule has 0 aliphatic heterocycles. The molecule has 0 fully saturated rings. The normalized spacial score (nSPS) is 10.3. The van der Waals surface area contributed by atoms with Gasteiger partial charge in [0.1, 0.15) is 5.75 Å². The molecule has 0 saturated heterocycles. The summed E-state index contributed by atoms with van der Waals surface area (Å²) in [5, 5.41) is 4.17. The fourth-order valence-electron chi connectivity index (χ4n) is 1.69. The van der Waals surface area contributed by atoms with E-state index in [2.05, 4.69) is 5.10 Å². The highest BCUT2D eigenvalue weighted by atomic mass is 16.5. The van der Waals surface area contributed by atoms with Gasteiger partial charge in [-0.1, -0.05) is 12.1 Å². The first-order valence-electron chi connectivity index (χ1n) is 5.97. The molecule has 0 bridgehead atoms. The molecule has 100 valence electrons. The van der Waals surface area contributed by atoms with Gasteiger partial charge in [-0.25, -0.2) is 4.68 Å². The monoisotopic (exact) mass is 259 g/mol. The van der Waals surface area contributed by atoms with Gasteiger partial charge in [-0.2, -0.15) is 5.10 Å². The van der Waals surface area contributed by atoms with Crippen molar-refractivity contribution in [1.82, 2.24) is 9.78 Å². The van der Waals surface area contributed by atoms with E-state index in [9.17, 15) is 4.79 Å². The third-order valence-corrected chi connectivity index (χ3v) is 2.86. The van der Waals surface area contributed by atoms with Crippen LogP contribution in [0.5, 0.6) is 5.75 Å². The molecule has 0 unspecified atom stereocenters. The van der Waals surface area contributed by atoms with E-state index in [1.807, 2.05) is 43.3 Å². The Balaban J connectivity index is 2.21. The van der Waals surface area contributed by atoms with Crippen molar-refractivity contribution < 1.29 is 4.74 Å². The van der Waals surface area contributed by atoms with E-state index in [1.165, 1.54) is 4.68 Å². The minimum Gasteiger partial charge on any atom is -0.497 e. The van der Waals surface area contributed by atoms with Crippen molar-refractivity contribution in [2.24, 2.45) is 0 Å². The van der Waals surface area contributed by atoms with Crippen molar-refractivity contribution in [3.05, 3.63) is 52.4 Å². The summed E-state index contributed by atoms with van der Waals surface area (Å²) >= 11 is 0. The number of rotatable bonds is 4. The topological polar surface area (TPSA) is 47.4 Å². The van der Waals surface area contributed by atoms with E-state index in [1.54, 1.807) is 19.4 Å². The Morgan fingerprint density at radius 3 is 2.47 bits per heavy atom. The lowest BCUT2D eigenvalue weighted by atomic mass is 10.2. The number of nitrogens with zero attached hydrogens (tertiary/aromatic N) is 3. The Morgan fingerprint density at radius 2 is 1.95 bits per heavy atom. The minimum absolute atomic E-state index is 0.109. The SMILES string of the molecule is COc1ccc(Cn2ncc(N(C)C)cc2=O)cc1. The van der Waals surface area contributed by atoms with Gasteiger partial charge in [0.25, 0.3) is 5.56 Å². The van der Waals surface area contributed by atoms with Crippen LogP contribution < -0.4 is 15.2 Å². The summed E-state index contributed by atoms with van der Waals surface area (Å²) in [6.07, 6.45) is 1.69. The highest BCUT2D eigenvalue weighted by Crippen LogP contribution is 2.12. The van der Waals surface area contributed by atoms with Crippen LogP contribution in [0.4, 0.5) is 5.69 Å². The molecule has 1 aromatic heterocycles. The van der Waals surface area contributed by atoms with E-state index in [0.29, 0.717) is 6.54 Å². The predicted octanol–water partition coefficient (Wildman–Crippen LogP) is 1.37. The van der Waals surface area contributed by atoms with Gasteiger partial charge < -0.3 is 9.64 Å². The number of ether oxygens (including phenoxy) is 1. The number of hydrogen-bond donors (Lipinski definition) is 0. The van der Waals surface area contributed by atoms with Gasteiger partial charge in [0, 0.05) is 20.2 Å². The molecule has 0 aliphatic carbocycles. The van der Waals surface area contributed by atoms with Gasteiger partial charge in [0.15, 0.2) is 0 Å². The molecule has 2 rings (SSSR count). The Morgan fingerprint density at radius 1 is 1.26 bits per heavy atom. The summed E-state index contributed by atoms with van der Waals surface area (Å²) in [4.78, 5) is 13.8. The first-order chi connectivity index (χ1) is 9.10. The number of aromatic nitrogens is 2. The van der Waals surface area contributed by atoms with Crippen LogP contribution in [-0.4, -0.2) is 31.0 Å². The maximum Gasteiger partial charge on any atom is 0.269 e. The molecule has 19 heavy (non-hydrogen) atoms. The van der Waals surface area contributed by atoms with Crippen molar-refractivity contribution in [1.29, 1.82) is 0 Å². The predicted molar refractivity (Wildman–Crippen MR) is 74.9 cm³/mol. The zero-order valence-electron chi connectivity index (χ0n) is 11.3. The lowest BCUT2D eigenvalue weighted by Crippen LogP contribution is -2.24. The highest BCUT2D eigenvalue weighted by molar-refractivity contribution is 5.40. The Hall–Kier alpha value is -2.30. The molecule has 0 amide bonds. The van der Waals surface area contributed by atoms with Crippen LogP contribution >= 0.6 is 0 Å². The van der Waals surface area contributed by atoms with E-state index < -0.39 is 0 Å². The van der Waals surface area contributed by atoms with Gasteiger partial charge in [0.05, 0.1) is 25.5 Å². The number of hydrogen-bond acceptors (Lipinski definition) is 4. The lowest BCUT2D eigenvalue weighted by molar-refractivity contribution is 0.414. The molecule has 0 saturated carbocycles. The van der Waals surface area contributed by atoms with Crippen LogP contribution in [0, 0.1) is 0 Å². The summed E-state index contributed by atoms with van der Waals surface area (Å²) in [5.74, 6) is 0.798. The summed E-state index contributed by atoms with van der Waals surface area (Å²) in [6, 6.07) is 9.17. The maximum atomic E-state index is 11.9. The summed E-state index contributed by atoms with van der Waals surface area (Å²) in [6.45, 7) is 0.455. The second-order valence-corrected chi connectivity index (χ2v) is 4.45. The first kappa shape index (κ1) is 13.1. The molecule has 0 aliphatic rings. The van der Waals surface area contributed by atoms with Gasteiger partial charge in [0.2, 0.25) is 0 Å². The highest BCUT2D eigenvalue weighted by Gasteiger charge is 2.03. The zero-order valence-corrected chi connectivity index (χ0v) is 11.3. The molecule has 5 heteroatoms. The van der Waals surface area contributed by atoms with Crippen molar-refractivity contribution in [3.8, 4) is 5.75 Å². The third-order valence-electron chi connectivity index (χ3n) is 2.86. The minimum atomic E-state index is -0.109. The Bertz CT molecular complexity index is 603. The average molecular weight is 259 g/mol. The lowest BCUT2D eigenvalue weighted by Gasteiger charge is -2.12. The molecule has 5 nitrogen and oxygen atoms in total. The van der Waals surface area contributed by atoms with Crippen LogP contribution in [0.2, 0.25) is 0 Å². The molecule has 0 spiro atoms. The molecular weight excluding hydrogens is 242 g/mol. The van der Waals surface area contributed by atoms with E-state index in [0.717, 1.165) is 17.0 Å². The molecule has 0 radical (unpaired) electrons. The van der Waals surface area contributed by atoms with Crippen LogP contribution in [0.1, 0.15) is 5.56 Å². The molecule has 2 aromatic rings. The Kier molecular flexibility index (Phi) is 3.85. The average Bonchev–Trinajstić information content (AvgIpc) is 2.41. The number of anilines is 1. The second kappa shape index (κ2) is 5.56. The van der Waals surface area contributed by atoms with Crippen molar-refractivity contribution in [2.45, 2.75) is 6.54 Å².